The quantitative estimate of drug-likeness (QED) is 0.802. The molecule has 0 fully saturated rings. The lowest BCUT2D eigenvalue weighted by atomic mass is 10.1. The van der Waals surface area contributed by atoms with E-state index in [0.717, 1.165) is 11.3 Å². The molecule has 0 aliphatic carbocycles. The molecule has 3 rings (SSSR count). The predicted octanol–water partition coefficient (Wildman–Crippen LogP) is 3.25. The summed E-state index contributed by atoms with van der Waals surface area (Å²) in [7, 11) is 1.58. The summed E-state index contributed by atoms with van der Waals surface area (Å²) in [6.45, 7) is 0. The van der Waals surface area contributed by atoms with Crippen LogP contribution in [0.15, 0.2) is 60.7 Å². The average molecular weight is 294 g/mol. The van der Waals surface area contributed by atoms with Crippen LogP contribution in [0.1, 0.15) is 10.5 Å². The summed E-state index contributed by atoms with van der Waals surface area (Å²) in [6, 6.07) is 18.4. The van der Waals surface area contributed by atoms with E-state index in [9.17, 15) is 9.90 Å². The van der Waals surface area contributed by atoms with Gasteiger partial charge in [0.15, 0.2) is 5.69 Å². The lowest BCUT2D eigenvalue weighted by Gasteiger charge is -2.10. The normalized spacial score (nSPS) is 10.4. The summed E-state index contributed by atoms with van der Waals surface area (Å²) in [4.78, 5) is 11.3. The first-order valence-electron chi connectivity index (χ1n) is 6.73. The van der Waals surface area contributed by atoms with Gasteiger partial charge >= 0.3 is 5.97 Å². The SMILES string of the molecule is COc1ccccc1-c1cc(C(=O)O)nn1-c1ccccc1. The highest BCUT2D eigenvalue weighted by atomic mass is 16.5. The molecule has 110 valence electrons. The predicted molar refractivity (Wildman–Crippen MR) is 82.5 cm³/mol. The highest BCUT2D eigenvalue weighted by Gasteiger charge is 2.18. The molecule has 5 nitrogen and oxygen atoms in total. The van der Waals surface area contributed by atoms with Gasteiger partial charge in [-0.25, -0.2) is 9.48 Å². The van der Waals surface area contributed by atoms with Crippen LogP contribution >= 0.6 is 0 Å². The zero-order chi connectivity index (χ0) is 15.5. The molecular formula is C17H14N2O3. The van der Waals surface area contributed by atoms with Crippen molar-refractivity contribution in [2.24, 2.45) is 0 Å². The standard InChI is InChI=1S/C17H14N2O3/c1-22-16-10-6-5-9-13(16)15-11-14(17(20)21)18-19(15)12-7-3-2-4-8-12/h2-11H,1H3,(H,20,21). The number of rotatable bonds is 4. The highest BCUT2D eigenvalue weighted by molar-refractivity contribution is 5.87. The van der Waals surface area contributed by atoms with Crippen LogP contribution in [0, 0.1) is 0 Å². The Kier molecular flexibility index (Phi) is 3.62. The summed E-state index contributed by atoms with van der Waals surface area (Å²) in [5.74, 6) is -0.401. The number of para-hydroxylation sites is 2. The number of aromatic nitrogens is 2. The summed E-state index contributed by atoms with van der Waals surface area (Å²) in [5, 5.41) is 13.4. The van der Waals surface area contributed by atoms with E-state index < -0.39 is 5.97 Å². The number of carboxylic acids is 1. The molecule has 0 bridgehead atoms. The van der Waals surface area contributed by atoms with Crippen molar-refractivity contribution in [2.45, 2.75) is 0 Å². The number of nitrogens with zero attached hydrogens (tertiary/aromatic N) is 2. The Morgan fingerprint density at radius 1 is 1.09 bits per heavy atom. The minimum absolute atomic E-state index is 0.00948. The monoisotopic (exact) mass is 294 g/mol. The van der Waals surface area contributed by atoms with E-state index in [4.69, 9.17) is 4.74 Å². The molecule has 0 aliphatic heterocycles. The van der Waals surface area contributed by atoms with Crippen LogP contribution in [0.25, 0.3) is 16.9 Å². The van der Waals surface area contributed by atoms with Crippen LogP contribution in [0.2, 0.25) is 0 Å². The third kappa shape index (κ3) is 2.44. The average Bonchev–Trinajstić information content (AvgIpc) is 3.01. The van der Waals surface area contributed by atoms with Crippen LogP contribution in [0.3, 0.4) is 0 Å². The molecule has 1 aromatic heterocycles. The van der Waals surface area contributed by atoms with Crippen molar-refractivity contribution >= 4 is 5.97 Å². The summed E-state index contributed by atoms with van der Waals surface area (Å²) in [5.41, 5.74) is 2.23. The van der Waals surface area contributed by atoms with Crippen LogP contribution in [0.4, 0.5) is 0 Å². The Morgan fingerprint density at radius 2 is 1.77 bits per heavy atom. The van der Waals surface area contributed by atoms with Gasteiger partial charge in [-0.1, -0.05) is 30.3 Å². The number of carbonyl (C=O) groups is 1. The van der Waals surface area contributed by atoms with Gasteiger partial charge in [-0.15, -0.1) is 0 Å². The van der Waals surface area contributed by atoms with E-state index >= 15 is 0 Å². The number of ether oxygens (including phenoxy) is 1. The molecule has 0 amide bonds. The molecule has 0 spiro atoms. The fourth-order valence-electron chi connectivity index (χ4n) is 2.30. The lowest BCUT2D eigenvalue weighted by molar-refractivity contribution is 0.0690. The maximum absolute atomic E-state index is 11.3. The first kappa shape index (κ1) is 13.9. The second-order valence-corrected chi connectivity index (χ2v) is 4.67. The Bertz CT molecular complexity index is 810. The topological polar surface area (TPSA) is 64.3 Å². The molecule has 1 N–H and O–H groups in total. The first-order chi connectivity index (χ1) is 10.7. The van der Waals surface area contributed by atoms with Gasteiger partial charge in [0.2, 0.25) is 0 Å². The van der Waals surface area contributed by atoms with Crippen molar-refractivity contribution in [3.8, 4) is 22.7 Å². The van der Waals surface area contributed by atoms with Gasteiger partial charge in [-0.2, -0.15) is 5.10 Å². The third-order valence-electron chi connectivity index (χ3n) is 3.31. The van der Waals surface area contributed by atoms with Gasteiger partial charge in [0.1, 0.15) is 5.75 Å². The molecule has 22 heavy (non-hydrogen) atoms. The molecule has 0 saturated heterocycles. The smallest absolute Gasteiger partial charge is 0.356 e. The highest BCUT2D eigenvalue weighted by Crippen LogP contribution is 2.31. The zero-order valence-corrected chi connectivity index (χ0v) is 11.9. The second kappa shape index (κ2) is 5.73. The Morgan fingerprint density at radius 3 is 2.45 bits per heavy atom. The Balaban J connectivity index is 2.24. The van der Waals surface area contributed by atoms with Crippen molar-refractivity contribution in [1.82, 2.24) is 9.78 Å². The summed E-state index contributed by atoms with van der Waals surface area (Å²) >= 11 is 0. The van der Waals surface area contributed by atoms with Crippen LogP contribution < -0.4 is 4.74 Å². The second-order valence-electron chi connectivity index (χ2n) is 4.67. The minimum atomic E-state index is -1.06. The van der Waals surface area contributed by atoms with Gasteiger partial charge in [-0.05, 0) is 30.3 Å². The van der Waals surface area contributed by atoms with Crippen LogP contribution in [0.5, 0.6) is 5.75 Å². The Hall–Kier alpha value is -3.08. The largest absolute Gasteiger partial charge is 0.496 e. The van der Waals surface area contributed by atoms with E-state index in [-0.39, 0.29) is 5.69 Å². The van der Waals surface area contributed by atoms with E-state index in [1.165, 1.54) is 0 Å². The number of aromatic carboxylic acids is 1. The molecule has 0 aliphatic rings. The molecule has 1 heterocycles. The number of carboxylic acid groups (broad SMARTS) is 1. The third-order valence-corrected chi connectivity index (χ3v) is 3.31. The lowest BCUT2D eigenvalue weighted by Crippen LogP contribution is -2.02. The van der Waals surface area contributed by atoms with Gasteiger partial charge in [0, 0.05) is 5.56 Å². The Labute approximate surface area is 127 Å². The summed E-state index contributed by atoms with van der Waals surface area (Å²) < 4.78 is 6.98. The molecule has 2 aromatic carbocycles. The molecule has 0 saturated carbocycles. The minimum Gasteiger partial charge on any atom is -0.496 e. The van der Waals surface area contributed by atoms with Crippen LogP contribution in [-0.2, 0) is 0 Å². The van der Waals surface area contributed by atoms with Gasteiger partial charge in [0.25, 0.3) is 0 Å². The fraction of sp³-hybridized carbons (Fsp3) is 0.0588. The van der Waals surface area contributed by atoms with Crippen LogP contribution in [-0.4, -0.2) is 28.0 Å². The summed E-state index contributed by atoms with van der Waals surface area (Å²) in [6.07, 6.45) is 0. The molecule has 5 heteroatoms. The molecule has 0 unspecified atom stereocenters. The maximum atomic E-state index is 11.3. The van der Waals surface area contributed by atoms with E-state index in [2.05, 4.69) is 5.10 Å². The zero-order valence-electron chi connectivity index (χ0n) is 11.9. The van der Waals surface area contributed by atoms with E-state index in [1.54, 1.807) is 17.9 Å². The van der Waals surface area contributed by atoms with Gasteiger partial charge in [0.05, 0.1) is 18.5 Å². The van der Waals surface area contributed by atoms with Crippen molar-refractivity contribution < 1.29 is 14.6 Å². The number of hydrogen-bond donors (Lipinski definition) is 1. The molecule has 0 radical (unpaired) electrons. The van der Waals surface area contributed by atoms with Crippen molar-refractivity contribution in [3.63, 3.8) is 0 Å². The number of hydrogen-bond acceptors (Lipinski definition) is 3. The van der Waals surface area contributed by atoms with Gasteiger partial charge in [-0.3, -0.25) is 0 Å². The number of methoxy groups -OCH3 is 1. The van der Waals surface area contributed by atoms with Crippen molar-refractivity contribution in [1.29, 1.82) is 0 Å². The maximum Gasteiger partial charge on any atom is 0.356 e. The van der Waals surface area contributed by atoms with E-state index in [1.807, 2.05) is 54.6 Å². The fourth-order valence-corrected chi connectivity index (χ4v) is 2.30. The number of benzene rings is 2. The van der Waals surface area contributed by atoms with Gasteiger partial charge < -0.3 is 9.84 Å². The molecular weight excluding hydrogens is 280 g/mol. The van der Waals surface area contributed by atoms with Crippen molar-refractivity contribution in [2.75, 3.05) is 7.11 Å². The van der Waals surface area contributed by atoms with Crippen molar-refractivity contribution in [3.05, 3.63) is 66.4 Å². The van der Waals surface area contributed by atoms with E-state index in [0.29, 0.717) is 11.4 Å². The molecule has 3 aromatic rings. The molecule has 0 atom stereocenters. The first-order valence-corrected chi connectivity index (χ1v) is 6.73.